The van der Waals surface area contributed by atoms with Gasteiger partial charge in [-0.05, 0) is 32.4 Å². The molecule has 0 bridgehead atoms. The zero-order chi connectivity index (χ0) is 11.9. The molecule has 0 saturated carbocycles. The molecule has 0 aliphatic carbocycles. The van der Waals surface area contributed by atoms with E-state index in [4.69, 9.17) is 17.4 Å². The van der Waals surface area contributed by atoms with E-state index in [0.717, 1.165) is 0 Å². The number of rotatable bonds is 1. The Labute approximate surface area is 120 Å². The summed E-state index contributed by atoms with van der Waals surface area (Å²) in [5, 5.41) is -0.407. The predicted molar refractivity (Wildman–Crippen MR) is 78.2 cm³/mol. The van der Waals surface area contributed by atoms with Crippen molar-refractivity contribution in [2.45, 2.75) is 26.3 Å². The summed E-state index contributed by atoms with van der Waals surface area (Å²) in [6, 6.07) is 8.74. The van der Waals surface area contributed by atoms with E-state index < -0.39 is 5.24 Å². The lowest BCUT2D eigenvalue weighted by Crippen LogP contribution is -2.41. The Kier molecular flexibility index (Phi) is 13.9. The van der Waals surface area contributed by atoms with Crippen LogP contribution in [0.5, 0.6) is 0 Å². The normalized spacial score (nSPS) is 9.00. The Morgan fingerprint density at radius 3 is 1.71 bits per heavy atom. The summed E-state index contributed by atoms with van der Waals surface area (Å²) in [6.07, 6.45) is 0. The number of halogens is 3. The van der Waals surface area contributed by atoms with Crippen LogP contribution in [0, 0.1) is 0 Å². The number of benzene rings is 1. The molecule has 0 aromatic heterocycles. The van der Waals surface area contributed by atoms with Gasteiger partial charge in [-0.2, -0.15) is 0 Å². The molecule has 100 valence electrons. The molecule has 0 aliphatic heterocycles. The highest BCUT2D eigenvalue weighted by atomic mass is 35.5. The van der Waals surface area contributed by atoms with Crippen molar-refractivity contribution in [3.63, 3.8) is 0 Å². The average molecular weight is 302 g/mol. The van der Waals surface area contributed by atoms with Crippen molar-refractivity contribution in [2.24, 2.45) is 5.84 Å². The quantitative estimate of drug-likeness (QED) is 0.476. The molecule has 0 unspecified atom stereocenters. The van der Waals surface area contributed by atoms with Crippen LogP contribution in [0.15, 0.2) is 30.3 Å². The molecule has 0 saturated heterocycles. The first-order valence-electron chi connectivity index (χ1n) is 4.59. The molecule has 1 rings (SSSR count). The lowest BCUT2D eigenvalue weighted by molar-refractivity contribution is 0.108. The monoisotopic (exact) mass is 300 g/mol. The van der Waals surface area contributed by atoms with E-state index in [1.165, 1.54) is 0 Å². The van der Waals surface area contributed by atoms with Crippen LogP contribution in [0.1, 0.15) is 31.1 Å². The molecule has 3 N–H and O–H groups in total. The molecule has 0 spiro atoms. The molecular weight excluding hydrogens is 282 g/mol. The van der Waals surface area contributed by atoms with Gasteiger partial charge in [-0.25, -0.2) is 0 Å². The van der Waals surface area contributed by atoms with Crippen LogP contribution in [-0.2, 0) is 0 Å². The van der Waals surface area contributed by atoms with Gasteiger partial charge in [0.25, 0.3) is 5.24 Å². The molecule has 1 aromatic rings. The molecule has 3 nitrogen and oxygen atoms in total. The van der Waals surface area contributed by atoms with Crippen molar-refractivity contribution in [1.82, 2.24) is 5.43 Å². The number of nitrogens with two attached hydrogens (primary N) is 1. The number of carbonyl (C=O) groups is 1. The highest BCUT2D eigenvalue weighted by molar-refractivity contribution is 6.67. The molecule has 0 fully saturated rings. The van der Waals surface area contributed by atoms with Crippen molar-refractivity contribution < 1.29 is 4.79 Å². The predicted octanol–water partition coefficient (Wildman–Crippen LogP) is 3.16. The van der Waals surface area contributed by atoms with E-state index in [2.05, 4.69) is 5.43 Å². The van der Waals surface area contributed by atoms with Gasteiger partial charge in [0.05, 0.1) is 0 Å². The van der Waals surface area contributed by atoms with Crippen LogP contribution in [-0.4, -0.2) is 10.8 Å². The van der Waals surface area contributed by atoms with E-state index >= 15 is 0 Å². The van der Waals surface area contributed by atoms with Crippen LogP contribution < -0.4 is 11.3 Å². The lowest BCUT2D eigenvalue weighted by atomic mass is 10.1. The van der Waals surface area contributed by atoms with Gasteiger partial charge in [0.1, 0.15) is 0 Å². The standard InChI is InChI=1S/C7H5ClO.C4H12N2.2ClH/c8-7(9)6-4-2-1-3-5-6;1-4(2,3)6-5;;/h1-5H;6H,5H2,1-3H3;2*1H. The fraction of sp³-hybridized carbons (Fsp3) is 0.364. The van der Waals surface area contributed by atoms with Crippen molar-refractivity contribution in [1.29, 1.82) is 0 Å². The zero-order valence-corrected chi connectivity index (χ0v) is 12.5. The number of carbonyl (C=O) groups excluding carboxylic acids is 1. The van der Waals surface area contributed by atoms with E-state index in [1.807, 2.05) is 26.8 Å². The molecule has 0 radical (unpaired) electrons. The molecule has 0 atom stereocenters. The van der Waals surface area contributed by atoms with Crippen molar-refractivity contribution >= 4 is 41.7 Å². The van der Waals surface area contributed by atoms with Crippen molar-refractivity contribution in [2.75, 3.05) is 0 Å². The van der Waals surface area contributed by atoms with E-state index in [1.54, 1.807) is 24.3 Å². The molecule has 17 heavy (non-hydrogen) atoms. The Morgan fingerprint density at radius 2 is 1.53 bits per heavy atom. The van der Waals surface area contributed by atoms with Crippen LogP contribution in [0.4, 0.5) is 0 Å². The Bertz CT molecular complexity index is 299. The highest BCUT2D eigenvalue weighted by Gasteiger charge is 2.02. The first-order valence-corrected chi connectivity index (χ1v) is 4.97. The minimum absolute atomic E-state index is 0. The summed E-state index contributed by atoms with van der Waals surface area (Å²) in [7, 11) is 0. The molecular formula is C11H19Cl3N2O. The van der Waals surface area contributed by atoms with Gasteiger partial charge in [0, 0.05) is 11.1 Å². The Morgan fingerprint density at radius 1 is 1.18 bits per heavy atom. The minimum atomic E-state index is -0.407. The average Bonchev–Trinajstić information content (AvgIpc) is 2.19. The van der Waals surface area contributed by atoms with Crippen LogP contribution in [0.2, 0.25) is 0 Å². The maximum atomic E-state index is 10.4. The van der Waals surface area contributed by atoms with Crippen LogP contribution in [0.3, 0.4) is 0 Å². The van der Waals surface area contributed by atoms with Crippen molar-refractivity contribution in [3.8, 4) is 0 Å². The smallest absolute Gasteiger partial charge is 0.252 e. The fourth-order valence-corrected chi connectivity index (χ4v) is 0.695. The molecule has 0 heterocycles. The third kappa shape index (κ3) is 13.6. The first-order chi connectivity index (χ1) is 6.87. The second-order valence-electron chi connectivity index (χ2n) is 4.03. The van der Waals surface area contributed by atoms with E-state index in [0.29, 0.717) is 5.56 Å². The van der Waals surface area contributed by atoms with E-state index in [-0.39, 0.29) is 30.4 Å². The molecule has 6 heteroatoms. The lowest BCUT2D eigenvalue weighted by Gasteiger charge is -2.14. The summed E-state index contributed by atoms with van der Waals surface area (Å²) in [6.45, 7) is 6.02. The van der Waals surface area contributed by atoms with Gasteiger partial charge in [0.2, 0.25) is 0 Å². The summed E-state index contributed by atoms with van der Waals surface area (Å²) >= 11 is 5.16. The van der Waals surface area contributed by atoms with Gasteiger partial charge in [-0.1, -0.05) is 30.3 Å². The summed E-state index contributed by atoms with van der Waals surface area (Å²) < 4.78 is 0. The molecule has 0 aliphatic rings. The Hall–Kier alpha value is -0.320. The highest BCUT2D eigenvalue weighted by Crippen LogP contribution is 2.01. The second kappa shape index (κ2) is 10.8. The largest absolute Gasteiger partial charge is 0.276 e. The minimum Gasteiger partial charge on any atom is -0.276 e. The second-order valence-corrected chi connectivity index (χ2v) is 4.38. The van der Waals surface area contributed by atoms with Crippen LogP contribution in [0.25, 0.3) is 0 Å². The van der Waals surface area contributed by atoms with Gasteiger partial charge < -0.3 is 0 Å². The topological polar surface area (TPSA) is 55.1 Å². The molecule has 0 amide bonds. The maximum Gasteiger partial charge on any atom is 0.252 e. The van der Waals surface area contributed by atoms with Gasteiger partial charge in [-0.15, -0.1) is 24.8 Å². The summed E-state index contributed by atoms with van der Waals surface area (Å²) in [4.78, 5) is 10.4. The fourth-order valence-electron chi connectivity index (χ4n) is 0.569. The third-order valence-corrected chi connectivity index (χ3v) is 1.65. The Balaban J connectivity index is -0.000000221. The SMILES string of the molecule is CC(C)(C)NN.Cl.Cl.O=C(Cl)c1ccccc1. The number of hydrazine groups is 1. The van der Waals surface area contributed by atoms with E-state index in [9.17, 15) is 4.79 Å². The van der Waals surface area contributed by atoms with Crippen molar-refractivity contribution in [3.05, 3.63) is 35.9 Å². The van der Waals surface area contributed by atoms with Gasteiger partial charge in [-0.3, -0.25) is 16.1 Å². The molecule has 1 aromatic carbocycles. The summed E-state index contributed by atoms with van der Waals surface area (Å²) in [5.74, 6) is 5.06. The maximum absolute atomic E-state index is 10.4. The zero-order valence-electron chi connectivity index (χ0n) is 10.1. The third-order valence-electron chi connectivity index (χ3n) is 1.43. The first kappa shape index (κ1) is 21.9. The van der Waals surface area contributed by atoms with Crippen LogP contribution >= 0.6 is 36.4 Å². The van der Waals surface area contributed by atoms with Gasteiger partial charge in [0.15, 0.2) is 0 Å². The number of nitrogens with one attached hydrogen (secondary N) is 1. The van der Waals surface area contributed by atoms with Gasteiger partial charge >= 0.3 is 0 Å². The number of hydrogen-bond acceptors (Lipinski definition) is 3. The number of hydrogen-bond donors (Lipinski definition) is 2. The summed E-state index contributed by atoms with van der Waals surface area (Å²) in [5.41, 5.74) is 3.21.